The van der Waals surface area contributed by atoms with E-state index in [9.17, 15) is 23.1 Å². The Kier molecular flexibility index (Phi) is 4.06. The minimum atomic E-state index is -3.51. The molecule has 2 saturated heterocycles. The number of aryl methyl sites for hydroxylation is 1. The number of carbonyl (C=O) groups excluding carboxylic acids is 1. The predicted molar refractivity (Wildman–Crippen MR) is 98.1 cm³/mol. The molecule has 0 bridgehead atoms. The van der Waals surface area contributed by atoms with Crippen LogP contribution in [0, 0.1) is 5.92 Å². The second kappa shape index (κ2) is 6.09. The van der Waals surface area contributed by atoms with Crippen LogP contribution in [0.3, 0.4) is 0 Å². The lowest BCUT2D eigenvalue weighted by Gasteiger charge is -2.48. The molecule has 1 spiro atoms. The SMILES string of the molecule is CCc1oc2ccccc2c1CC(=O)N1CC2(C1)C(C(=O)O)CCS2(=O)=O. The second-order valence-electron chi connectivity index (χ2n) is 7.34. The van der Waals surface area contributed by atoms with E-state index in [4.69, 9.17) is 4.42 Å². The van der Waals surface area contributed by atoms with Crippen molar-refractivity contribution >= 4 is 32.7 Å². The third kappa shape index (κ3) is 2.57. The molecule has 144 valence electrons. The Morgan fingerprint density at radius 1 is 1.30 bits per heavy atom. The molecule has 1 amide bonds. The third-order valence-corrected chi connectivity index (χ3v) is 8.48. The van der Waals surface area contributed by atoms with Gasteiger partial charge in [0.15, 0.2) is 9.84 Å². The monoisotopic (exact) mass is 391 g/mol. The molecular formula is C19H21NO6S. The lowest BCUT2D eigenvalue weighted by molar-refractivity contribution is -0.148. The average molecular weight is 391 g/mol. The molecule has 2 aromatic rings. The zero-order valence-electron chi connectivity index (χ0n) is 15.0. The number of carboxylic acid groups (broad SMARTS) is 1. The summed E-state index contributed by atoms with van der Waals surface area (Å²) in [5, 5.41) is 10.3. The van der Waals surface area contributed by atoms with Gasteiger partial charge in [0.1, 0.15) is 16.1 Å². The molecule has 1 unspecified atom stereocenters. The summed E-state index contributed by atoms with van der Waals surface area (Å²) in [7, 11) is -3.51. The van der Waals surface area contributed by atoms with Gasteiger partial charge in [0.05, 0.1) is 18.1 Å². The van der Waals surface area contributed by atoms with Gasteiger partial charge >= 0.3 is 5.97 Å². The van der Waals surface area contributed by atoms with Crippen molar-refractivity contribution < 1.29 is 27.5 Å². The van der Waals surface area contributed by atoms with E-state index < -0.39 is 26.5 Å². The number of amides is 1. The quantitative estimate of drug-likeness (QED) is 0.849. The summed E-state index contributed by atoms with van der Waals surface area (Å²) in [6.45, 7) is 1.87. The molecule has 7 nitrogen and oxygen atoms in total. The fourth-order valence-corrected chi connectivity index (χ4v) is 6.70. The molecule has 1 N–H and O–H groups in total. The number of sulfone groups is 1. The Morgan fingerprint density at radius 2 is 2.00 bits per heavy atom. The molecule has 1 aromatic heterocycles. The number of benzene rings is 1. The van der Waals surface area contributed by atoms with Crippen LogP contribution in [0.4, 0.5) is 0 Å². The first kappa shape index (κ1) is 18.0. The highest BCUT2D eigenvalue weighted by molar-refractivity contribution is 7.93. The average Bonchev–Trinajstić information content (AvgIpc) is 3.07. The number of aliphatic carboxylic acids is 1. The summed E-state index contributed by atoms with van der Waals surface area (Å²) < 4.78 is 29.3. The van der Waals surface area contributed by atoms with Crippen LogP contribution in [0.2, 0.25) is 0 Å². The fourth-order valence-electron chi connectivity index (χ4n) is 4.39. The summed E-state index contributed by atoms with van der Waals surface area (Å²) in [6, 6.07) is 7.50. The summed E-state index contributed by atoms with van der Waals surface area (Å²) in [4.78, 5) is 25.7. The molecule has 2 fully saturated rings. The van der Waals surface area contributed by atoms with Crippen LogP contribution in [0.1, 0.15) is 24.7 Å². The maximum Gasteiger partial charge on any atom is 0.308 e. The minimum absolute atomic E-state index is 0.0393. The van der Waals surface area contributed by atoms with E-state index in [0.29, 0.717) is 6.42 Å². The van der Waals surface area contributed by atoms with Gasteiger partial charge in [0, 0.05) is 30.5 Å². The Bertz CT molecular complexity index is 1030. The number of carboxylic acids is 1. The van der Waals surface area contributed by atoms with Gasteiger partial charge in [-0.05, 0) is 12.5 Å². The number of para-hydroxylation sites is 1. The van der Waals surface area contributed by atoms with Gasteiger partial charge in [-0.15, -0.1) is 0 Å². The highest BCUT2D eigenvalue weighted by Crippen LogP contribution is 2.45. The van der Waals surface area contributed by atoms with Gasteiger partial charge < -0.3 is 14.4 Å². The molecule has 0 aliphatic carbocycles. The summed E-state index contributed by atoms with van der Waals surface area (Å²) >= 11 is 0. The predicted octanol–water partition coefficient (Wildman–Crippen LogP) is 1.64. The van der Waals surface area contributed by atoms with E-state index in [1.54, 1.807) is 0 Å². The number of carbonyl (C=O) groups is 2. The van der Waals surface area contributed by atoms with Crippen molar-refractivity contribution in [1.29, 1.82) is 0 Å². The number of nitrogens with zero attached hydrogens (tertiary/aromatic N) is 1. The van der Waals surface area contributed by atoms with Gasteiger partial charge in [-0.1, -0.05) is 25.1 Å². The van der Waals surface area contributed by atoms with Crippen molar-refractivity contribution in [3.05, 3.63) is 35.6 Å². The van der Waals surface area contributed by atoms with Gasteiger partial charge in [0.2, 0.25) is 5.91 Å². The van der Waals surface area contributed by atoms with E-state index in [1.807, 2.05) is 31.2 Å². The first-order valence-corrected chi connectivity index (χ1v) is 10.7. The van der Waals surface area contributed by atoms with Crippen molar-refractivity contribution in [2.75, 3.05) is 18.8 Å². The first-order valence-electron chi connectivity index (χ1n) is 9.01. The smallest absolute Gasteiger partial charge is 0.308 e. The standard InChI is InChI=1S/C19H21NO6S/c1-2-15-13(12-5-3-4-6-16(12)26-15)9-17(21)20-10-19(11-20)14(18(22)23)7-8-27(19,24)25/h3-6,14H,2,7-11H2,1H3,(H,22,23). The summed E-state index contributed by atoms with van der Waals surface area (Å²) in [6.07, 6.45) is 0.886. The van der Waals surface area contributed by atoms with Crippen molar-refractivity contribution in [2.24, 2.45) is 5.92 Å². The topological polar surface area (TPSA) is 105 Å². The number of likely N-dealkylation sites (tertiary alicyclic amines) is 1. The molecule has 0 saturated carbocycles. The number of hydrogen-bond donors (Lipinski definition) is 1. The van der Waals surface area contributed by atoms with E-state index in [0.717, 1.165) is 22.3 Å². The molecule has 4 rings (SSSR count). The van der Waals surface area contributed by atoms with Crippen molar-refractivity contribution in [1.82, 2.24) is 4.90 Å². The highest BCUT2D eigenvalue weighted by Gasteiger charge is 2.64. The largest absolute Gasteiger partial charge is 0.481 e. The van der Waals surface area contributed by atoms with Crippen LogP contribution in [0.15, 0.2) is 28.7 Å². The normalized spacial score (nSPS) is 22.9. The minimum Gasteiger partial charge on any atom is -0.481 e. The van der Waals surface area contributed by atoms with Crippen molar-refractivity contribution in [3.63, 3.8) is 0 Å². The molecular weight excluding hydrogens is 370 g/mol. The van der Waals surface area contributed by atoms with Crippen molar-refractivity contribution in [2.45, 2.75) is 30.9 Å². The van der Waals surface area contributed by atoms with Gasteiger partial charge in [-0.25, -0.2) is 8.42 Å². The maximum absolute atomic E-state index is 12.8. The van der Waals surface area contributed by atoms with Crippen LogP contribution in [0.25, 0.3) is 11.0 Å². The van der Waals surface area contributed by atoms with Crippen LogP contribution >= 0.6 is 0 Å². The second-order valence-corrected chi connectivity index (χ2v) is 9.79. The number of fused-ring (bicyclic) bond motifs is 1. The molecule has 1 aromatic carbocycles. The van der Waals surface area contributed by atoms with Crippen LogP contribution in [-0.4, -0.2) is 53.9 Å². The van der Waals surface area contributed by atoms with Crippen LogP contribution in [-0.2, 0) is 32.3 Å². The Morgan fingerprint density at radius 3 is 2.67 bits per heavy atom. The van der Waals surface area contributed by atoms with Gasteiger partial charge in [0.25, 0.3) is 0 Å². The first-order chi connectivity index (χ1) is 12.8. The van der Waals surface area contributed by atoms with Crippen LogP contribution in [0.5, 0.6) is 0 Å². The fraction of sp³-hybridized carbons (Fsp3) is 0.474. The molecule has 2 aliphatic heterocycles. The number of hydrogen-bond acceptors (Lipinski definition) is 5. The molecule has 27 heavy (non-hydrogen) atoms. The molecule has 1 atom stereocenters. The Hall–Kier alpha value is -2.35. The van der Waals surface area contributed by atoms with Crippen LogP contribution < -0.4 is 0 Å². The van der Waals surface area contributed by atoms with Gasteiger partial charge in [-0.2, -0.15) is 0 Å². The summed E-state index contributed by atoms with van der Waals surface area (Å²) in [5.74, 6) is -1.62. The lowest BCUT2D eigenvalue weighted by Crippen LogP contribution is -2.69. The van der Waals surface area contributed by atoms with E-state index in [2.05, 4.69) is 0 Å². The lowest BCUT2D eigenvalue weighted by atomic mass is 9.83. The van der Waals surface area contributed by atoms with Crippen molar-refractivity contribution in [3.8, 4) is 0 Å². The molecule has 8 heteroatoms. The highest BCUT2D eigenvalue weighted by atomic mass is 32.2. The van der Waals surface area contributed by atoms with E-state index in [-0.39, 0.29) is 37.6 Å². The third-order valence-electron chi connectivity index (χ3n) is 5.93. The van der Waals surface area contributed by atoms with E-state index in [1.165, 1.54) is 4.90 Å². The molecule has 3 heterocycles. The zero-order chi connectivity index (χ0) is 19.4. The number of furan rings is 1. The molecule has 2 aliphatic rings. The Labute approximate surface area is 156 Å². The van der Waals surface area contributed by atoms with Gasteiger partial charge in [-0.3, -0.25) is 9.59 Å². The Balaban J connectivity index is 1.56. The maximum atomic E-state index is 12.8. The summed E-state index contributed by atoms with van der Waals surface area (Å²) in [5.41, 5.74) is 1.55. The number of rotatable bonds is 4. The zero-order valence-corrected chi connectivity index (χ0v) is 15.8. The van der Waals surface area contributed by atoms with E-state index >= 15 is 0 Å². The molecule has 0 radical (unpaired) electrons.